The number of amides is 1. The quantitative estimate of drug-likeness (QED) is 0.836. The molecule has 21 heavy (non-hydrogen) atoms. The molecule has 0 aliphatic carbocycles. The zero-order chi connectivity index (χ0) is 15.0. The molecule has 4 atom stereocenters. The maximum absolute atomic E-state index is 12.4. The number of methoxy groups -OCH3 is 1. The summed E-state index contributed by atoms with van der Waals surface area (Å²) >= 11 is 0. The predicted octanol–water partition coefficient (Wildman–Crippen LogP) is 0.261. The molecule has 0 aromatic heterocycles. The van der Waals surface area contributed by atoms with Gasteiger partial charge in [0, 0.05) is 5.56 Å². The summed E-state index contributed by atoms with van der Waals surface area (Å²) in [6.45, 7) is 2.47. The number of rotatable bonds is 3. The van der Waals surface area contributed by atoms with Crippen LogP contribution in [0.1, 0.15) is 15.9 Å². The van der Waals surface area contributed by atoms with Gasteiger partial charge in [0.15, 0.2) is 0 Å². The summed E-state index contributed by atoms with van der Waals surface area (Å²) in [7, 11) is 1.59. The molecular weight excluding hydrogens is 274 g/mol. The number of hydrogen-bond acceptors (Lipinski definition) is 5. The van der Waals surface area contributed by atoms with Crippen LogP contribution in [0.2, 0.25) is 0 Å². The highest BCUT2D eigenvalue weighted by Crippen LogP contribution is 2.27. The first-order valence-corrected chi connectivity index (χ1v) is 6.97. The van der Waals surface area contributed by atoms with Crippen LogP contribution < -0.4 is 10.1 Å². The number of fused-ring (bicyclic) bond motifs is 1. The Kier molecular flexibility index (Phi) is 3.84. The largest absolute Gasteiger partial charge is 0.497 e. The van der Waals surface area contributed by atoms with Crippen LogP contribution in [0, 0.1) is 6.92 Å². The van der Waals surface area contributed by atoms with Crippen molar-refractivity contribution in [3.63, 3.8) is 0 Å². The molecule has 6 nitrogen and oxygen atoms in total. The number of carbonyl (C=O) groups excluding carboxylic acids is 1. The Bertz CT molecular complexity index is 547. The first-order chi connectivity index (χ1) is 10.1. The Balaban J connectivity index is 1.69. The van der Waals surface area contributed by atoms with Crippen molar-refractivity contribution in [2.75, 3.05) is 20.3 Å². The van der Waals surface area contributed by atoms with E-state index in [1.165, 1.54) is 0 Å². The fourth-order valence-corrected chi connectivity index (χ4v) is 2.87. The molecule has 1 aromatic rings. The first kappa shape index (κ1) is 14.3. The van der Waals surface area contributed by atoms with Gasteiger partial charge in [-0.1, -0.05) is 0 Å². The molecule has 2 saturated heterocycles. The summed E-state index contributed by atoms with van der Waals surface area (Å²) < 4.78 is 16.1. The Morgan fingerprint density at radius 3 is 2.81 bits per heavy atom. The average molecular weight is 293 g/mol. The van der Waals surface area contributed by atoms with Gasteiger partial charge in [0.05, 0.1) is 26.4 Å². The molecule has 2 aliphatic rings. The average Bonchev–Trinajstić information content (AvgIpc) is 3.03. The summed E-state index contributed by atoms with van der Waals surface area (Å²) in [5, 5.41) is 12.6. The molecule has 0 bridgehead atoms. The van der Waals surface area contributed by atoms with Gasteiger partial charge < -0.3 is 24.6 Å². The van der Waals surface area contributed by atoms with Crippen LogP contribution >= 0.6 is 0 Å². The van der Waals surface area contributed by atoms with Crippen LogP contribution in [0.3, 0.4) is 0 Å². The Morgan fingerprint density at radius 2 is 2.10 bits per heavy atom. The highest BCUT2D eigenvalue weighted by atomic mass is 16.6. The summed E-state index contributed by atoms with van der Waals surface area (Å²) in [4.78, 5) is 12.4. The van der Waals surface area contributed by atoms with Crippen LogP contribution in [0.5, 0.6) is 5.75 Å². The zero-order valence-electron chi connectivity index (χ0n) is 12.0. The maximum Gasteiger partial charge on any atom is 0.251 e. The Labute approximate surface area is 123 Å². The van der Waals surface area contributed by atoms with Crippen molar-refractivity contribution in [1.82, 2.24) is 5.32 Å². The second-order valence-corrected chi connectivity index (χ2v) is 5.42. The minimum Gasteiger partial charge on any atom is -0.497 e. The fourth-order valence-electron chi connectivity index (χ4n) is 2.87. The Hall–Kier alpha value is -1.63. The maximum atomic E-state index is 12.4. The lowest BCUT2D eigenvalue weighted by molar-refractivity contribution is 0.0178. The van der Waals surface area contributed by atoms with Crippen molar-refractivity contribution in [3.05, 3.63) is 29.3 Å². The molecule has 6 heteroatoms. The number of ether oxygens (including phenoxy) is 3. The highest BCUT2D eigenvalue weighted by molar-refractivity contribution is 5.96. The van der Waals surface area contributed by atoms with Gasteiger partial charge in [-0.15, -0.1) is 0 Å². The van der Waals surface area contributed by atoms with Crippen LogP contribution in [0.4, 0.5) is 0 Å². The van der Waals surface area contributed by atoms with E-state index in [1.54, 1.807) is 19.2 Å². The lowest BCUT2D eigenvalue weighted by Gasteiger charge is -2.18. The summed E-state index contributed by atoms with van der Waals surface area (Å²) in [5.74, 6) is 0.546. The molecule has 114 valence electrons. The predicted molar refractivity (Wildman–Crippen MR) is 74.5 cm³/mol. The highest BCUT2D eigenvalue weighted by Gasteiger charge is 2.47. The van der Waals surface area contributed by atoms with Crippen molar-refractivity contribution < 1.29 is 24.1 Å². The molecule has 0 saturated carbocycles. The van der Waals surface area contributed by atoms with Crippen LogP contribution in [0.25, 0.3) is 0 Å². The SMILES string of the molecule is COc1ccc(C(=O)N[C@H]2CO[C@H]3[C@@H]2OC[C@@H]3O)c(C)c1. The van der Waals surface area contributed by atoms with Gasteiger partial charge in [-0.3, -0.25) is 4.79 Å². The van der Waals surface area contributed by atoms with Gasteiger partial charge in [0.25, 0.3) is 5.91 Å². The van der Waals surface area contributed by atoms with Gasteiger partial charge in [-0.05, 0) is 30.7 Å². The normalized spacial score (nSPS) is 31.0. The van der Waals surface area contributed by atoms with Crippen molar-refractivity contribution >= 4 is 5.91 Å². The van der Waals surface area contributed by atoms with E-state index in [0.29, 0.717) is 12.2 Å². The third-order valence-corrected chi connectivity index (χ3v) is 4.02. The molecule has 0 radical (unpaired) electrons. The molecule has 1 amide bonds. The van der Waals surface area contributed by atoms with Crippen molar-refractivity contribution in [2.45, 2.75) is 31.3 Å². The standard InChI is InChI=1S/C15H19NO5/c1-8-5-9(19-2)3-4-10(8)15(18)16-11-6-20-14-12(17)7-21-13(11)14/h3-5,11-14,17H,6-7H2,1-2H3,(H,16,18)/t11-,12-,13+,14+/m0/s1. The summed E-state index contributed by atoms with van der Waals surface area (Å²) in [6, 6.07) is 5.08. The molecule has 3 rings (SSSR count). The molecule has 2 aliphatic heterocycles. The number of aliphatic hydroxyl groups excluding tert-OH is 1. The second kappa shape index (κ2) is 5.63. The fraction of sp³-hybridized carbons (Fsp3) is 0.533. The van der Waals surface area contributed by atoms with Crippen molar-refractivity contribution in [3.8, 4) is 5.75 Å². The third kappa shape index (κ3) is 2.62. The zero-order valence-corrected chi connectivity index (χ0v) is 12.0. The molecule has 2 N–H and O–H groups in total. The molecule has 0 unspecified atom stereocenters. The minimum absolute atomic E-state index is 0.172. The van der Waals surface area contributed by atoms with E-state index in [1.807, 2.05) is 13.0 Å². The third-order valence-electron chi connectivity index (χ3n) is 4.02. The van der Waals surface area contributed by atoms with Gasteiger partial charge in [-0.25, -0.2) is 0 Å². The van der Waals surface area contributed by atoms with Gasteiger partial charge in [-0.2, -0.15) is 0 Å². The number of nitrogens with one attached hydrogen (secondary N) is 1. The molecule has 2 heterocycles. The number of benzene rings is 1. The van der Waals surface area contributed by atoms with Gasteiger partial charge >= 0.3 is 0 Å². The van der Waals surface area contributed by atoms with E-state index in [0.717, 1.165) is 11.3 Å². The lowest BCUT2D eigenvalue weighted by Crippen LogP contribution is -2.44. The summed E-state index contributed by atoms with van der Waals surface area (Å²) in [5.41, 5.74) is 1.44. The smallest absolute Gasteiger partial charge is 0.251 e. The lowest BCUT2D eigenvalue weighted by atomic mass is 10.1. The van der Waals surface area contributed by atoms with E-state index in [4.69, 9.17) is 14.2 Å². The van der Waals surface area contributed by atoms with Crippen molar-refractivity contribution in [1.29, 1.82) is 0 Å². The van der Waals surface area contributed by atoms with E-state index < -0.39 is 6.10 Å². The first-order valence-electron chi connectivity index (χ1n) is 6.97. The molecule has 0 spiro atoms. The number of aliphatic hydroxyl groups is 1. The van der Waals surface area contributed by atoms with Crippen LogP contribution in [-0.2, 0) is 9.47 Å². The topological polar surface area (TPSA) is 77.0 Å². The van der Waals surface area contributed by atoms with E-state index in [-0.39, 0.29) is 30.8 Å². The van der Waals surface area contributed by atoms with E-state index in [9.17, 15) is 9.90 Å². The second-order valence-electron chi connectivity index (χ2n) is 5.42. The van der Waals surface area contributed by atoms with E-state index in [2.05, 4.69) is 5.32 Å². The number of hydrogen-bond donors (Lipinski definition) is 2. The Morgan fingerprint density at radius 1 is 1.33 bits per heavy atom. The van der Waals surface area contributed by atoms with Crippen LogP contribution in [-0.4, -0.2) is 55.7 Å². The molecule has 2 fully saturated rings. The monoisotopic (exact) mass is 293 g/mol. The number of carbonyl (C=O) groups is 1. The van der Waals surface area contributed by atoms with Crippen molar-refractivity contribution in [2.24, 2.45) is 0 Å². The molecular formula is C15H19NO5. The number of aryl methyl sites for hydroxylation is 1. The minimum atomic E-state index is -0.611. The summed E-state index contributed by atoms with van der Waals surface area (Å²) in [6.07, 6.45) is -1.23. The van der Waals surface area contributed by atoms with Crippen LogP contribution in [0.15, 0.2) is 18.2 Å². The van der Waals surface area contributed by atoms with E-state index >= 15 is 0 Å². The van der Waals surface area contributed by atoms with Gasteiger partial charge in [0.2, 0.25) is 0 Å². The van der Waals surface area contributed by atoms with Gasteiger partial charge in [0.1, 0.15) is 24.1 Å². The molecule has 1 aromatic carbocycles.